The van der Waals surface area contributed by atoms with E-state index in [2.05, 4.69) is 36.4 Å². The van der Waals surface area contributed by atoms with E-state index in [0.717, 1.165) is 28.3 Å². The standard InChI is InChI=1S/C21H18O2/c1-23-21(22)20-16-10-6-5-9-15(16)11-12-17(20)19-13-18(19)14-7-3-2-4-8-14/h2-12,18-19H,13H2,1H3. The Labute approximate surface area is 135 Å². The Morgan fingerprint density at radius 3 is 2.43 bits per heavy atom. The number of carbonyl (C=O) groups excluding carboxylic acids is 1. The number of methoxy groups -OCH3 is 1. The van der Waals surface area contributed by atoms with E-state index < -0.39 is 0 Å². The molecule has 0 heterocycles. The third-order valence-electron chi connectivity index (χ3n) is 4.77. The van der Waals surface area contributed by atoms with Gasteiger partial charge in [0.2, 0.25) is 0 Å². The summed E-state index contributed by atoms with van der Waals surface area (Å²) in [6.07, 6.45) is 1.09. The van der Waals surface area contributed by atoms with Gasteiger partial charge < -0.3 is 4.74 Å². The van der Waals surface area contributed by atoms with Gasteiger partial charge >= 0.3 is 5.97 Å². The minimum absolute atomic E-state index is 0.240. The highest BCUT2D eigenvalue weighted by molar-refractivity contribution is 6.06. The molecule has 0 amide bonds. The first-order valence-corrected chi connectivity index (χ1v) is 7.94. The van der Waals surface area contributed by atoms with Crippen LogP contribution in [0.2, 0.25) is 0 Å². The van der Waals surface area contributed by atoms with Crippen molar-refractivity contribution in [3.8, 4) is 0 Å². The average Bonchev–Trinajstić information content (AvgIpc) is 3.41. The first-order chi connectivity index (χ1) is 11.3. The lowest BCUT2D eigenvalue weighted by molar-refractivity contribution is 0.0601. The van der Waals surface area contributed by atoms with Gasteiger partial charge in [0.1, 0.15) is 0 Å². The van der Waals surface area contributed by atoms with Crippen LogP contribution in [0.3, 0.4) is 0 Å². The fraction of sp³-hybridized carbons (Fsp3) is 0.190. The Hall–Kier alpha value is -2.61. The number of rotatable bonds is 3. The molecule has 3 aromatic carbocycles. The van der Waals surface area contributed by atoms with Gasteiger partial charge in [-0.2, -0.15) is 0 Å². The van der Waals surface area contributed by atoms with Crippen LogP contribution in [0.5, 0.6) is 0 Å². The minimum Gasteiger partial charge on any atom is -0.465 e. The van der Waals surface area contributed by atoms with Gasteiger partial charge in [0.25, 0.3) is 0 Å². The van der Waals surface area contributed by atoms with Crippen LogP contribution in [-0.2, 0) is 4.74 Å². The molecule has 0 N–H and O–H groups in total. The number of ether oxygens (including phenoxy) is 1. The van der Waals surface area contributed by atoms with Crippen molar-refractivity contribution in [2.24, 2.45) is 0 Å². The normalized spacial score (nSPS) is 19.5. The largest absolute Gasteiger partial charge is 0.465 e. The smallest absolute Gasteiger partial charge is 0.338 e. The molecule has 0 saturated heterocycles. The molecule has 0 radical (unpaired) electrons. The lowest BCUT2D eigenvalue weighted by Crippen LogP contribution is -2.06. The van der Waals surface area contributed by atoms with Crippen LogP contribution < -0.4 is 0 Å². The van der Waals surface area contributed by atoms with E-state index in [0.29, 0.717) is 11.8 Å². The molecule has 2 unspecified atom stereocenters. The number of hydrogen-bond donors (Lipinski definition) is 0. The fourth-order valence-electron chi connectivity index (χ4n) is 3.53. The maximum atomic E-state index is 12.4. The van der Waals surface area contributed by atoms with Gasteiger partial charge in [-0.3, -0.25) is 0 Å². The van der Waals surface area contributed by atoms with Gasteiger partial charge in [-0.05, 0) is 40.2 Å². The number of carbonyl (C=O) groups is 1. The monoisotopic (exact) mass is 302 g/mol. The topological polar surface area (TPSA) is 26.3 Å². The lowest BCUT2D eigenvalue weighted by Gasteiger charge is -2.11. The molecule has 4 rings (SSSR count). The molecule has 2 nitrogen and oxygen atoms in total. The zero-order valence-corrected chi connectivity index (χ0v) is 13.0. The van der Waals surface area contributed by atoms with Crippen molar-refractivity contribution < 1.29 is 9.53 Å². The van der Waals surface area contributed by atoms with Gasteiger partial charge in [0.05, 0.1) is 12.7 Å². The van der Waals surface area contributed by atoms with Crippen LogP contribution in [0.4, 0.5) is 0 Å². The second-order valence-corrected chi connectivity index (χ2v) is 6.10. The van der Waals surface area contributed by atoms with Crippen LogP contribution in [0.15, 0.2) is 66.7 Å². The van der Waals surface area contributed by atoms with Crippen molar-refractivity contribution in [1.82, 2.24) is 0 Å². The molecule has 1 aliphatic carbocycles. The third kappa shape index (κ3) is 2.40. The maximum Gasteiger partial charge on any atom is 0.338 e. The second kappa shape index (κ2) is 5.54. The summed E-state index contributed by atoms with van der Waals surface area (Å²) in [4.78, 5) is 12.4. The van der Waals surface area contributed by atoms with Crippen LogP contribution in [-0.4, -0.2) is 13.1 Å². The molecule has 1 aliphatic rings. The predicted octanol–water partition coefficient (Wildman–Crippen LogP) is 4.90. The summed E-state index contributed by atoms with van der Waals surface area (Å²) in [7, 11) is 1.45. The molecule has 0 aromatic heterocycles. The average molecular weight is 302 g/mol. The zero-order chi connectivity index (χ0) is 15.8. The van der Waals surface area contributed by atoms with Crippen molar-refractivity contribution in [3.63, 3.8) is 0 Å². The Bertz CT molecular complexity index is 867. The molecular weight excluding hydrogens is 284 g/mol. The molecule has 0 bridgehead atoms. The van der Waals surface area contributed by atoms with Crippen molar-refractivity contribution >= 4 is 16.7 Å². The highest BCUT2D eigenvalue weighted by Gasteiger charge is 2.41. The van der Waals surface area contributed by atoms with Gasteiger partial charge in [-0.15, -0.1) is 0 Å². The first kappa shape index (κ1) is 14.0. The summed E-state index contributed by atoms with van der Waals surface area (Å²) in [6.45, 7) is 0. The van der Waals surface area contributed by atoms with E-state index in [4.69, 9.17) is 4.74 Å². The van der Waals surface area contributed by atoms with Gasteiger partial charge in [-0.1, -0.05) is 66.7 Å². The highest BCUT2D eigenvalue weighted by Crippen LogP contribution is 2.55. The van der Waals surface area contributed by atoms with E-state index in [1.165, 1.54) is 12.7 Å². The molecule has 0 aliphatic heterocycles. The van der Waals surface area contributed by atoms with Gasteiger partial charge in [0, 0.05) is 0 Å². The Morgan fingerprint density at radius 1 is 0.913 bits per heavy atom. The molecule has 2 atom stereocenters. The Morgan fingerprint density at radius 2 is 1.65 bits per heavy atom. The third-order valence-corrected chi connectivity index (χ3v) is 4.77. The minimum atomic E-state index is -0.240. The highest BCUT2D eigenvalue weighted by atomic mass is 16.5. The van der Waals surface area contributed by atoms with E-state index in [-0.39, 0.29) is 5.97 Å². The number of esters is 1. The SMILES string of the molecule is COC(=O)c1c(C2CC2c2ccccc2)ccc2ccccc12. The molecule has 1 fully saturated rings. The van der Waals surface area contributed by atoms with E-state index in [1.54, 1.807) is 0 Å². The van der Waals surface area contributed by atoms with Gasteiger partial charge in [-0.25, -0.2) is 4.79 Å². The maximum absolute atomic E-state index is 12.4. The zero-order valence-electron chi connectivity index (χ0n) is 13.0. The van der Waals surface area contributed by atoms with Crippen LogP contribution >= 0.6 is 0 Å². The molecule has 3 aromatic rings. The number of benzene rings is 3. The summed E-state index contributed by atoms with van der Waals surface area (Å²) in [5.74, 6) is 0.660. The van der Waals surface area contributed by atoms with E-state index in [9.17, 15) is 4.79 Å². The van der Waals surface area contributed by atoms with Crippen LogP contribution in [0.1, 0.15) is 39.7 Å². The summed E-state index contributed by atoms with van der Waals surface area (Å²) >= 11 is 0. The predicted molar refractivity (Wildman–Crippen MR) is 91.8 cm³/mol. The number of fused-ring (bicyclic) bond motifs is 1. The summed E-state index contributed by atoms with van der Waals surface area (Å²) in [6, 6.07) is 22.7. The quantitative estimate of drug-likeness (QED) is 0.643. The van der Waals surface area contributed by atoms with Gasteiger partial charge in [0.15, 0.2) is 0 Å². The molecule has 114 valence electrons. The second-order valence-electron chi connectivity index (χ2n) is 6.10. The molecular formula is C21H18O2. The Balaban J connectivity index is 1.80. The van der Waals surface area contributed by atoms with Crippen LogP contribution in [0, 0.1) is 0 Å². The summed E-state index contributed by atoms with van der Waals surface area (Å²) < 4.78 is 5.06. The molecule has 23 heavy (non-hydrogen) atoms. The van der Waals surface area contributed by atoms with E-state index in [1.807, 2.05) is 30.3 Å². The van der Waals surface area contributed by atoms with E-state index >= 15 is 0 Å². The Kier molecular flexibility index (Phi) is 3.38. The number of hydrogen-bond acceptors (Lipinski definition) is 2. The van der Waals surface area contributed by atoms with Crippen molar-refractivity contribution in [2.45, 2.75) is 18.3 Å². The molecule has 0 spiro atoms. The molecule has 1 saturated carbocycles. The molecule has 2 heteroatoms. The first-order valence-electron chi connectivity index (χ1n) is 7.94. The van der Waals surface area contributed by atoms with Crippen molar-refractivity contribution in [1.29, 1.82) is 0 Å². The fourth-order valence-corrected chi connectivity index (χ4v) is 3.53. The van der Waals surface area contributed by atoms with Crippen molar-refractivity contribution in [2.75, 3.05) is 7.11 Å². The summed E-state index contributed by atoms with van der Waals surface area (Å²) in [5.41, 5.74) is 3.19. The van der Waals surface area contributed by atoms with Crippen molar-refractivity contribution in [3.05, 3.63) is 83.4 Å². The summed E-state index contributed by atoms with van der Waals surface area (Å²) in [5, 5.41) is 2.06. The van der Waals surface area contributed by atoms with Crippen LogP contribution in [0.25, 0.3) is 10.8 Å². The lowest BCUT2D eigenvalue weighted by atomic mass is 9.94.